The van der Waals surface area contributed by atoms with Crippen molar-refractivity contribution >= 4 is 22.6 Å². The van der Waals surface area contributed by atoms with Crippen molar-refractivity contribution in [2.75, 3.05) is 13.2 Å². The quantitative estimate of drug-likeness (QED) is 0.758. The number of hydrogen-bond donors (Lipinski definition) is 2. The summed E-state index contributed by atoms with van der Waals surface area (Å²) in [5.41, 5.74) is 4.19. The number of H-pyrrole nitrogens is 1. The van der Waals surface area contributed by atoms with Crippen LogP contribution in [0.3, 0.4) is 0 Å². The second-order valence-electron chi connectivity index (χ2n) is 6.39. The van der Waals surface area contributed by atoms with Crippen LogP contribution in [0.4, 0.5) is 0 Å². The number of benzene rings is 2. The van der Waals surface area contributed by atoms with Gasteiger partial charge in [-0.25, -0.2) is 4.98 Å². The molecule has 2 aromatic carbocycles. The topological polar surface area (TPSA) is 52.1 Å². The summed E-state index contributed by atoms with van der Waals surface area (Å²) in [5.74, 6) is 0.855. The van der Waals surface area contributed by atoms with Crippen LogP contribution in [-0.2, 0) is 6.54 Å². The fourth-order valence-electron chi connectivity index (χ4n) is 3.43. The summed E-state index contributed by atoms with van der Waals surface area (Å²) >= 11 is 6.03. The van der Waals surface area contributed by atoms with Gasteiger partial charge in [0.2, 0.25) is 0 Å². The van der Waals surface area contributed by atoms with Gasteiger partial charge in [-0.2, -0.15) is 0 Å². The average Bonchev–Trinajstić information content (AvgIpc) is 3.21. The molecule has 24 heavy (non-hydrogen) atoms. The molecular weight excluding hydrogens is 322 g/mol. The van der Waals surface area contributed by atoms with E-state index in [0.717, 1.165) is 41.9 Å². The highest BCUT2D eigenvalue weighted by atomic mass is 35.5. The van der Waals surface area contributed by atoms with Crippen molar-refractivity contribution in [1.82, 2.24) is 14.9 Å². The van der Waals surface area contributed by atoms with E-state index in [2.05, 4.69) is 39.1 Å². The first-order valence-corrected chi connectivity index (χ1v) is 8.70. The Bertz CT molecular complexity index is 843. The van der Waals surface area contributed by atoms with Gasteiger partial charge in [-0.05, 0) is 43.1 Å². The Kier molecular flexibility index (Phi) is 4.27. The van der Waals surface area contributed by atoms with Crippen molar-refractivity contribution in [1.29, 1.82) is 0 Å². The summed E-state index contributed by atoms with van der Waals surface area (Å²) in [6.45, 7) is 2.21. The van der Waals surface area contributed by atoms with E-state index in [0.29, 0.717) is 11.1 Å². The van der Waals surface area contributed by atoms with Gasteiger partial charge in [0, 0.05) is 23.2 Å². The predicted molar refractivity (Wildman–Crippen MR) is 97.1 cm³/mol. The molecule has 0 amide bonds. The number of halogens is 1. The number of hydrogen-bond acceptors (Lipinski definition) is 3. The van der Waals surface area contributed by atoms with Crippen molar-refractivity contribution < 1.29 is 5.11 Å². The number of nitrogens with one attached hydrogen (secondary N) is 1. The average molecular weight is 342 g/mol. The molecule has 0 bridgehead atoms. The van der Waals surface area contributed by atoms with Gasteiger partial charge in [0.25, 0.3) is 0 Å². The third kappa shape index (κ3) is 3.05. The maximum absolute atomic E-state index is 9.43. The van der Waals surface area contributed by atoms with Crippen LogP contribution in [-0.4, -0.2) is 39.2 Å². The fourth-order valence-corrected chi connectivity index (χ4v) is 3.60. The van der Waals surface area contributed by atoms with Gasteiger partial charge in [-0.1, -0.05) is 35.9 Å². The minimum atomic E-state index is 0.250. The number of rotatable bonds is 4. The van der Waals surface area contributed by atoms with E-state index in [1.807, 2.05) is 18.2 Å². The first kappa shape index (κ1) is 15.6. The molecule has 1 fully saturated rings. The van der Waals surface area contributed by atoms with E-state index in [9.17, 15) is 5.11 Å². The lowest BCUT2D eigenvalue weighted by atomic mass is 10.1. The van der Waals surface area contributed by atoms with E-state index in [1.54, 1.807) is 0 Å². The molecule has 3 aromatic rings. The summed E-state index contributed by atoms with van der Waals surface area (Å²) in [4.78, 5) is 10.3. The van der Waals surface area contributed by atoms with Gasteiger partial charge in [0.05, 0.1) is 17.6 Å². The second-order valence-corrected chi connectivity index (χ2v) is 6.83. The molecule has 4 rings (SSSR count). The van der Waals surface area contributed by atoms with Crippen molar-refractivity contribution in [3.63, 3.8) is 0 Å². The molecule has 0 radical (unpaired) electrons. The number of aromatic amines is 1. The van der Waals surface area contributed by atoms with Crippen LogP contribution in [0.1, 0.15) is 18.4 Å². The lowest BCUT2D eigenvalue weighted by Gasteiger charge is -2.22. The molecule has 1 aliphatic rings. The first-order valence-electron chi connectivity index (χ1n) is 8.32. The molecule has 124 valence electrons. The Hall–Kier alpha value is -1.88. The van der Waals surface area contributed by atoms with E-state index in [4.69, 9.17) is 11.6 Å². The zero-order valence-electron chi connectivity index (χ0n) is 13.4. The number of aliphatic hydroxyl groups excluding tert-OH is 1. The lowest BCUT2D eigenvalue weighted by Crippen LogP contribution is -2.31. The summed E-state index contributed by atoms with van der Waals surface area (Å²) in [5, 5.41) is 10.1. The van der Waals surface area contributed by atoms with Crippen LogP contribution in [0.15, 0.2) is 42.5 Å². The molecule has 1 aliphatic heterocycles. The third-order valence-corrected chi connectivity index (χ3v) is 5.00. The van der Waals surface area contributed by atoms with Crippen LogP contribution in [0.5, 0.6) is 0 Å². The van der Waals surface area contributed by atoms with Crippen molar-refractivity contribution in [3.8, 4) is 11.4 Å². The predicted octanol–water partition coefficient (Wildman–Crippen LogP) is 3.84. The van der Waals surface area contributed by atoms with Crippen LogP contribution < -0.4 is 0 Å². The Labute approximate surface area is 146 Å². The standard InChI is InChI=1S/C19H20ClN3O/c20-15-7-8-17-18(10-15)22-19(21-17)14-5-3-13(4-6-14)11-23-9-1-2-16(23)12-24/h3-8,10,16,24H,1-2,9,11-12H2,(H,21,22)/t16-/m0/s1. The van der Waals surface area contributed by atoms with Gasteiger partial charge in [-0.15, -0.1) is 0 Å². The number of imidazole rings is 1. The number of nitrogens with zero attached hydrogens (tertiary/aromatic N) is 2. The molecule has 1 saturated heterocycles. The summed E-state index contributed by atoms with van der Waals surface area (Å²) in [6, 6.07) is 14.5. The Balaban J connectivity index is 1.54. The molecule has 2 N–H and O–H groups in total. The van der Waals surface area contributed by atoms with Gasteiger partial charge >= 0.3 is 0 Å². The number of likely N-dealkylation sites (tertiary alicyclic amines) is 1. The number of aromatic nitrogens is 2. The summed E-state index contributed by atoms with van der Waals surface area (Å²) < 4.78 is 0. The molecule has 0 aliphatic carbocycles. The highest BCUT2D eigenvalue weighted by Gasteiger charge is 2.23. The fraction of sp³-hybridized carbons (Fsp3) is 0.316. The summed E-state index contributed by atoms with van der Waals surface area (Å²) in [6.07, 6.45) is 2.26. The SMILES string of the molecule is OC[C@@H]1CCCN1Cc1ccc(-c2nc3ccc(Cl)cc3[nH]2)cc1. The van der Waals surface area contributed by atoms with Crippen LogP contribution >= 0.6 is 11.6 Å². The molecule has 1 atom stereocenters. The molecule has 2 heterocycles. The largest absolute Gasteiger partial charge is 0.395 e. The van der Waals surface area contributed by atoms with E-state index < -0.39 is 0 Å². The van der Waals surface area contributed by atoms with Gasteiger partial charge in [0.1, 0.15) is 5.82 Å². The normalized spacial score (nSPS) is 18.5. The second kappa shape index (κ2) is 6.55. The van der Waals surface area contributed by atoms with Crippen molar-refractivity contribution in [2.24, 2.45) is 0 Å². The maximum Gasteiger partial charge on any atom is 0.138 e. The number of fused-ring (bicyclic) bond motifs is 1. The smallest absolute Gasteiger partial charge is 0.138 e. The van der Waals surface area contributed by atoms with Gasteiger partial charge in [-0.3, -0.25) is 4.90 Å². The Morgan fingerprint density at radius 3 is 2.83 bits per heavy atom. The first-order chi connectivity index (χ1) is 11.7. The summed E-state index contributed by atoms with van der Waals surface area (Å²) in [7, 11) is 0. The third-order valence-electron chi connectivity index (χ3n) is 4.77. The van der Waals surface area contributed by atoms with E-state index in [-0.39, 0.29) is 6.61 Å². The van der Waals surface area contributed by atoms with E-state index in [1.165, 1.54) is 12.0 Å². The molecule has 0 unspecified atom stereocenters. The molecule has 0 saturated carbocycles. The molecule has 5 heteroatoms. The van der Waals surface area contributed by atoms with Crippen molar-refractivity contribution in [2.45, 2.75) is 25.4 Å². The van der Waals surface area contributed by atoms with Gasteiger partial charge < -0.3 is 10.1 Å². The maximum atomic E-state index is 9.43. The minimum Gasteiger partial charge on any atom is -0.395 e. The van der Waals surface area contributed by atoms with Crippen LogP contribution in [0.2, 0.25) is 5.02 Å². The minimum absolute atomic E-state index is 0.250. The van der Waals surface area contributed by atoms with Crippen LogP contribution in [0, 0.1) is 0 Å². The highest BCUT2D eigenvalue weighted by molar-refractivity contribution is 6.31. The zero-order chi connectivity index (χ0) is 16.5. The molecular formula is C19H20ClN3O. The Morgan fingerprint density at radius 1 is 1.21 bits per heavy atom. The molecule has 1 aromatic heterocycles. The Morgan fingerprint density at radius 2 is 2.04 bits per heavy atom. The molecule has 4 nitrogen and oxygen atoms in total. The zero-order valence-corrected chi connectivity index (χ0v) is 14.1. The lowest BCUT2D eigenvalue weighted by molar-refractivity contribution is 0.153. The highest BCUT2D eigenvalue weighted by Crippen LogP contribution is 2.24. The van der Waals surface area contributed by atoms with Crippen molar-refractivity contribution in [3.05, 3.63) is 53.1 Å². The molecule has 0 spiro atoms. The van der Waals surface area contributed by atoms with E-state index >= 15 is 0 Å². The number of aliphatic hydroxyl groups is 1. The van der Waals surface area contributed by atoms with Crippen LogP contribution in [0.25, 0.3) is 22.4 Å². The van der Waals surface area contributed by atoms with Gasteiger partial charge in [0.15, 0.2) is 0 Å². The monoisotopic (exact) mass is 341 g/mol.